The third-order valence-corrected chi connectivity index (χ3v) is 7.12. The number of nitrogens with one attached hydrogen (secondary N) is 1. The third kappa shape index (κ3) is 5.14. The van der Waals surface area contributed by atoms with E-state index in [4.69, 9.17) is 4.74 Å². The van der Waals surface area contributed by atoms with Crippen molar-refractivity contribution < 1.29 is 22.7 Å². The summed E-state index contributed by atoms with van der Waals surface area (Å²) < 4.78 is 32.9. The van der Waals surface area contributed by atoms with Crippen LogP contribution in [0.3, 0.4) is 0 Å². The lowest BCUT2D eigenvalue weighted by Gasteiger charge is -2.15. The molecule has 0 aromatic heterocycles. The summed E-state index contributed by atoms with van der Waals surface area (Å²) in [7, 11) is -3.65. The van der Waals surface area contributed by atoms with Crippen molar-refractivity contribution in [2.24, 2.45) is 0 Å². The van der Waals surface area contributed by atoms with Crippen LogP contribution in [0.4, 0.5) is 0 Å². The number of esters is 1. The van der Waals surface area contributed by atoms with E-state index in [2.05, 4.69) is 4.72 Å². The van der Waals surface area contributed by atoms with Gasteiger partial charge in [-0.05, 0) is 68.0 Å². The van der Waals surface area contributed by atoms with Crippen molar-refractivity contribution in [3.8, 4) is 0 Å². The average molecular weight is 443 g/mol. The molecule has 1 N–H and O–H groups in total. The predicted molar refractivity (Wildman–Crippen MR) is 115 cm³/mol. The van der Waals surface area contributed by atoms with Gasteiger partial charge >= 0.3 is 5.97 Å². The molecule has 1 aliphatic carbocycles. The Morgan fingerprint density at radius 3 is 2.39 bits per heavy atom. The van der Waals surface area contributed by atoms with Crippen LogP contribution in [0.5, 0.6) is 0 Å². The van der Waals surface area contributed by atoms with Gasteiger partial charge in [-0.25, -0.2) is 17.9 Å². The lowest BCUT2D eigenvalue weighted by molar-refractivity contribution is 0.0471. The van der Waals surface area contributed by atoms with E-state index < -0.39 is 16.0 Å². The first-order valence-corrected chi connectivity index (χ1v) is 12.0. The van der Waals surface area contributed by atoms with E-state index in [1.54, 1.807) is 37.3 Å². The Balaban J connectivity index is 1.40. The first-order valence-electron chi connectivity index (χ1n) is 10.5. The monoisotopic (exact) mass is 442 g/mol. The van der Waals surface area contributed by atoms with Crippen LogP contribution in [0, 0.1) is 6.92 Å². The first-order chi connectivity index (χ1) is 14.8. The fourth-order valence-electron chi connectivity index (χ4n) is 3.55. The molecule has 2 aromatic carbocycles. The molecule has 1 saturated carbocycles. The van der Waals surface area contributed by atoms with Gasteiger partial charge in [-0.2, -0.15) is 0 Å². The molecular formula is C23H26N2O5S. The lowest BCUT2D eigenvalue weighted by Crippen LogP contribution is -2.27. The van der Waals surface area contributed by atoms with E-state index in [0.717, 1.165) is 44.3 Å². The van der Waals surface area contributed by atoms with E-state index in [0.29, 0.717) is 11.1 Å². The summed E-state index contributed by atoms with van der Waals surface area (Å²) in [6.07, 6.45) is 3.75. The van der Waals surface area contributed by atoms with Crippen LogP contribution in [0.25, 0.3) is 0 Å². The summed E-state index contributed by atoms with van der Waals surface area (Å²) in [4.78, 5) is 26.9. The number of aryl methyl sites for hydroxylation is 1. The Hall–Kier alpha value is -2.71. The predicted octanol–water partition coefficient (Wildman–Crippen LogP) is 3.03. The van der Waals surface area contributed by atoms with Crippen LogP contribution in [0.15, 0.2) is 47.4 Å². The number of hydrogen-bond donors (Lipinski definition) is 1. The maximum absolute atomic E-state index is 12.6. The Morgan fingerprint density at radius 1 is 1.06 bits per heavy atom. The van der Waals surface area contributed by atoms with Gasteiger partial charge in [-0.1, -0.05) is 18.2 Å². The molecule has 0 atom stereocenters. The number of likely N-dealkylation sites (tertiary alicyclic amines) is 1. The van der Waals surface area contributed by atoms with Crippen molar-refractivity contribution in [1.29, 1.82) is 0 Å². The van der Waals surface area contributed by atoms with Crippen molar-refractivity contribution in [2.45, 2.75) is 50.2 Å². The zero-order valence-electron chi connectivity index (χ0n) is 17.5. The topological polar surface area (TPSA) is 92.8 Å². The zero-order valence-corrected chi connectivity index (χ0v) is 18.3. The highest BCUT2D eigenvalue weighted by Crippen LogP contribution is 2.24. The standard InChI is InChI=1S/C23H26N2O5S/c1-16-4-11-20(31(28,29)24-19-9-10-19)14-21(16)23(27)30-15-17-5-7-18(8-6-17)22(26)25-12-2-3-13-25/h4-8,11,14,19,24H,2-3,9-10,12-13,15H2,1H3. The molecule has 31 heavy (non-hydrogen) atoms. The van der Waals surface area contributed by atoms with Crippen LogP contribution >= 0.6 is 0 Å². The van der Waals surface area contributed by atoms with E-state index in [9.17, 15) is 18.0 Å². The maximum atomic E-state index is 12.6. The molecule has 0 unspecified atom stereocenters. The Labute approximate surface area is 182 Å². The van der Waals surface area contributed by atoms with Gasteiger partial charge in [0.15, 0.2) is 0 Å². The molecule has 0 bridgehead atoms. The van der Waals surface area contributed by atoms with E-state index in [-0.39, 0.29) is 29.0 Å². The quantitative estimate of drug-likeness (QED) is 0.666. The van der Waals surface area contributed by atoms with Crippen LogP contribution < -0.4 is 4.72 Å². The minimum Gasteiger partial charge on any atom is -0.457 e. The highest BCUT2D eigenvalue weighted by Gasteiger charge is 2.28. The summed E-state index contributed by atoms with van der Waals surface area (Å²) in [5, 5.41) is 0. The molecule has 0 spiro atoms. The molecule has 1 aliphatic heterocycles. The summed E-state index contributed by atoms with van der Waals surface area (Å²) in [6, 6.07) is 11.5. The molecule has 1 heterocycles. The molecular weight excluding hydrogens is 416 g/mol. The van der Waals surface area contributed by atoms with E-state index in [1.807, 2.05) is 4.90 Å². The van der Waals surface area contributed by atoms with Gasteiger partial charge < -0.3 is 9.64 Å². The van der Waals surface area contributed by atoms with Gasteiger partial charge in [0.25, 0.3) is 5.91 Å². The lowest BCUT2D eigenvalue weighted by atomic mass is 10.1. The first kappa shape index (κ1) is 21.5. The smallest absolute Gasteiger partial charge is 0.338 e. The molecule has 2 aliphatic rings. The minimum atomic E-state index is -3.65. The number of benzene rings is 2. The largest absolute Gasteiger partial charge is 0.457 e. The Bertz CT molecular complexity index is 1090. The number of ether oxygens (including phenoxy) is 1. The summed E-state index contributed by atoms with van der Waals surface area (Å²) >= 11 is 0. The van der Waals surface area contributed by atoms with Gasteiger partial charge in [-0.15, -0.1) is 0 Å². The molecule has 8 heteroatoms. The highest BCUT2D eigenvalue weighted by molar-refractivity contribution is 7.89. The number of hydrogen-bond acceptors (Lipinski definition) is 5. The second-order valence-corrected chi connectivity index (χ2v) is 9.86. The number of carbonyl (C=O) groups is 2. The molecule has 2 fully saturated rings. The summed E-state index contributed by atoms with van der Waals surface area (Å²) in [6.45, 7) is 3.36. The molecule has 0 radical (unpaired) electrons. The van der Waals surface area contributed by atoms with Crippen LogP contribution in [-0.4, -0.2) is 44.3 Å². The van der Waals surface area contributed by atoms with Crippen LogP contribution in [0.2, 0.25) is 0 Å². The normalized spacial score (nSPS) is 16.4. The zero-order chi connectivity index (χ0) is 22.0. The van der Waals surface area contributed by atoms with Crippen molar-refractivity contribution >= 4 is 21.9 Å². The van der Waals surface area contributed by atoms with Gasteiger partial charge in [0.1, 0.15) is 6.61 Å². The third-order valence-electron chi connectivity index (χ3n) is 5.60. The van der Waals surface area contributed by atoms with Crippen molar-refractivity contribution in [2.75, 3.05) is 13.1 Å². The summed E-state index contributed by atoms with van der Waals surface area (Å²) in [5.41, 5.74) is 2.23. The molecule has 164 valence electrons. The van der Waals surface area contributed by atoms with Crippen LogP contribution in [-0.2, 0) is 21.4 Å². The summed E-state index contributed by atoms with van der Waals surface area (Å²) in [5.74, 6) is -0.562. The number of carbonyl (C=O) groups excluding carboxylic acids is 2. The molecule has 2 aromatic rings. The van der Waals surface area contributed by atoms with Crippen LogP contribution in [0.1, 0.15) is 57.5 Å². The van der Waals surface area contributed by atoms with Crippen molar-refractivity contribution in [3.63, 3.8) is 0 Å². The number of rotatable bonds is 7. The van der Waals surface area contributed by atoms with Gasteiger partial charge in [-0.3, -0.25) is 4.79 Å². The van der Waals surface area contributed by atoms with E-state index in [1.165, 1.54) is 12.1 Å². The second kappa shape index (κ2) is 8.80. The van der Waals surface area contributed by atoms with Gasteiger partial charge in [0, 0.05) is 24.7 Å². The number of amides is 1. The maximum Gasteiger partial charge on any atom is 0.338 e. The van der Waals surface area contributed by atoms with Crippen molar-refractivity contribution in [1.82, 2.24) is 9.62 Å². The van der Waals surface area contributed by atoms with E-state index >= 15 is 0 Å². The molecule has 4 rings (SSSR count). The second-order valence-electron chi connectivity index (χ2n) is 8.14. The molecule has 1 amide bonds. The number of sulfonamides is 1. The Kier molecular flexibility index (Phi) is 6.11. The van der Waals surface area contributed by atoms with Crippen molar-refractivity contribution in [3.05, 3.63) is 64.7 Å². The highest BCUT2D eigenvalue weighted by atomic mass is 32.2. The number of nitrogens with zero attached hydrogens (tertiary/aromatic N) is 1. The van der Waals surface area contributed by atoms with Gasteiger partial charge in [0.05, 0.1) is 10.5 Å². The SMILES string of the molecule is Cc1ccc(S(=O)(=O)NC2CC2)cc1C(=O)OCc1ccc(C(=O)N2CCCC2)cc1. The molecule has 1 saturated heterocycles. The Morgan fingerprint density at radius 2 is 1.74 bits per heavy atom. The fraction of sp³-hybridized carbons (Fsp3) is 0.391. The minimum absolute atomic E-state index is 0.0120. The average Bonchev–Trinajstić information content (AvgIpc) is 3.38. The van der Waals surface area contributed by atoms with Gasteiger partial charge in [0.2, 0.25) is 10.0 Å². The molecule has 7 nitrogen and oxygen atoms in total. The fourth-order valence-corrected chi connectivity index (χ4v) is 4.88.